The number of amides is 1. The van der Waals surface area contributed by atoms with Gasteiger partial charge in [0.2, 0.25) is 0 Å². The van der Waals surface area contributed by atoms with Gasteiger partial charge >= 0.3 is 0 Å². The summed E-state index contributed by atoms with van der Waals surface area (Å²) in [6.07, 6.45) is 1.81. The Morgan fingerprint density at radius 1 is 1.22 bits per heavy atom. The molecule has 0 aliphatic carbocycles. The smallest absolute Gasteiger partial charge is 0.275 e. The van der Waals surface area contributed by atoms with E-state index in [4.69, 9.17) is 11.6 Å². The number of aromatic hydroxyl groups is 1. The van der Waals surface area contributed by atoms with E-state index in [1.54, 1.807) is 25.1 Å². The third-order valence-electron chi connectivity index (χ3n) is 3.51. The molecule has 0 spiro atoms. The van der Waals surface area contributed by atoms with Crippen LogP contribution in [-0.2, 0) is 0 Å². The first-order valence-corrected chi connectivity index (χ1v) is 7.33. The lowest BCUT2D eigenvalue weighted by Gasteiger charge is -2.04. The zero-order valence-electron chi connectivity index (χ0n) is 12.3. The average Bonchev–Trinajstić information content (AvgIpc) is 2.95. The van der Waals surface area contributed by atoms with E-state index in [0.29, 0.717) is 10.7 Å². The highest BCUT2D eigenvalue weighted by Crippen LogP contribution is 2.23. The van der Waals surface area contributed by atoms with Crippen molar-refractivity contribution >= 4 is 34.1 Å². The maximum absolute atomic E-state index is 12.1. The highest BCUT2D eigenvalue weighted by molar-refractivity contribution is 6.31. The normalized spacial score (nSPS) is 11.7. The molecule has 6 heteroatoms. The van der Waals surface area contributed by atoms with Gasteiger partial charge in [-0.2, -0.15) is 5.10 Å². The van der Waals surface area contributed by atoms with Crippen molar-refractivity contribution in [2.75, 3.05) is 0 Å². The van der Waals surface area contributed by atoms with E-state index in [2.05, 4.69) is 15.5 Å². The van der Waals surface area contributed by atoms with Crippen molar-refractivity contribution in [3.63, 3.8) is 0 Å². The maximum atomic E-state index is 12.1. The first-order valence-electron chi connectivity index (χ1n) is 6.96. The number of hydrogen-bond acceptors (Lipinski definition) is 3. The van der Waals surface area contributed by atoms with Crippen LogP contribution in [0.3, 0.4) is 0 Å². The summed E-state index contributed by atoms with van der Waals surface area (Å²) in [7, 11) is 0. The number of aromatic nitrogens is 1. The predicted molar refractivity (Wildman–Crippen MR) is 91.1 cm³/mol. The molecule has 0 aliphatic rings. The van der Waals surface area contributed by atoms with Crippen molar-refractivity contribution in [1.82, 2.24) is 10.4 Å². The van der Waals surface area contributed by atoms with Crippen molar-refractivity contribution in [2.45, 2.75) is 6.92 Å². The maximum Gasteiger partial charge on any atom is 0.275 e. The molecule has 1 aromatic heterocycles. The number of phenols is 1. The minimum Gasteiger partial charge on any atom is -0.507 e. The van der Waals surface area contributed by atoms with Gasteiger partial charge in [-0.3, -0.25) is 4.79 Å². The van der Waals surface area contributed by atoms with E-state index in [1.807, 2.05) is 18.3 Å². The van der Waals surface area contributed by atoms with Gasteiger partial charge in [-0.05, 0) is 37.3 Å². The molecule has 3 N–H and O–H groups in total. The SMILES string of the molecule is C/C(=N\NC(=O)c1ccccc1O)c1c[nH]c2ccc(Cl)cc12. The van der Waals surface area contributed by atoms with Crippen molar-refractivity contribution in [2.24, 2.45) is 5.10 Å². The number of carbonyl (C=O) groups excluding carboxylic acids is 1. The Morgan fingerprint density at radius 3 is 2.78 bits per heavy atom. The molecule has 0 radical (unpaired) electrons. The molecule has 0 fully saturated rings. The summed E-state index contributed by atoms with van der Waals surface area (Å²) in [5, 5.41) is 15.3. The van der Waals surface area contributed by atoms with Gasteiger partial charge in [0, 0.05) is 27.7 Å². The number of hydrazone groups is 1. The molecular formula is C17H14ClN3O2. The molecule has 0 atom stereocenters. The first-order chi connectivity index (χ1) is 11.1. The number of hydrogen-bond donors (Lipinski definition) is 3. The monoisotopic (exact) mass is 327 g/mol. The minimum atomic E-state index is -0.472. The Morgan fingerprint density at radius 2 is 2.00 bits per heavy atom. The molecule has 1 heterocycles. The number of rotatable bonds is 3. The summed E-state index contributed by atoms with van der Waals surface area (Å²) in [6, 6.07) is 11.8. The number of halogens is 1. The number of nitrogens with one attached hydrogen (secondary N) is 2. The predicted octanol–water partition coefficient (Wildman–Crippen LogP) is 3.68. The first kappa shape index (κ1) is 15.1. The standard InChI is InChI=1S/C17H14ClN3O2/c1-10(14-9-19-15-7-6-11(18)8-13(14)15)20-21-17(23)12-4-2-3-5-16(12)22/h2-9,19,22H,1H3,(H,21,23)/b20-10+. The van der Waals surface area contributed by atoms with Gasteiger partial charge in [0.25, 0.3) is 5.91 Å². The Kier molecular flexibility index (Phi) is 4.04. The largest absolute Gasteiger partial charge is 0.507 e. The van der Waals surface area contributed by atoms with Crippen LogP contribution in [-0.4, -0.2) is 21.7 Å². The highest BCUT2D eigenvalue weighted by atomic mass is 35.5. The van der Waals surface area contributed by atoms with Crippen LogP contribution in [0, 0.1) is 0 Å². The van der Waals surface area contributed by atoms with E-state index >= 15 is 0 Å². The summed E-state index contributed by atoms with van der Waals surface area (Å²) in [5.41, 5.74) is 5.03. The van der Waals surface area contributed by atoms with Gasteiger partial charge in [-0.1, -0.05) is 23.7 Å². The molecule has 23 heavy (non-hydrogen) atoms. The fourth-order valence-electron chi connectivity index (χ4n) is 2.31. The minimum absolute atomic E-state index is 0.0864. The van der Waals surface area contributed by atoms with Crippen LogP contribution in [0.5, 0.6) is 5.75 Å². The molecule has 5 nitrogen and oxygen atoms in total. The van der Waals surface area contributed by atoms with Crippen LogP contribution in [0.25, 0.3) is 10.9 Å². The topological polar surface area (TPSA) is 77.5 Å². The number of para-hydroxylation sites is 1. The van der Waals surface area contributed by atoms with Crippen molar-refractivity contribution in [3.05, 3.63) is 64.8 Å². The molecule has 116 valence electrons. The Labute approximate surface area is 137 Å². The van der Waals surface area contributed by atoms with E-state index in [1.165, 1.54) is 12.1 Å². The number of carbonyl (C=O) groups is 1. The number of aromatic amines is 1. The van der Waals surface area contributed by atoms with Crippen LogP contribution in [0.15, 0.2) is 53.8 Å². The summed E-state index contributed by atoms with van der Waals surface area (Å²) in [6.45, 7) is 1.79. The van der Waals surface area contributed by atoms with Crippen LogP contribution in [0.2, 0.25) is 5.02 Å². The molecule has 0 saturated heterocycles. The van der Waals surface area contributed by atoms with Gasteiger partial charge in [-0.15, -0.1) is 0 Å². The van der Waals surface area contributed by atoms with Crippen LogP contribution >= 0.6 is 11.6 Å². The zero-order chi connectivity index (χ0) is 16.4. The Bertz CT molecular complexity index is 915. The van der Waals surface area contributed by atoms with E-state index in [0.717, 1.165) is 16.5 Å². The lowest BCUT2D eigenvalue weighted by atomic mass is 10.1. The van der Waals surface area contributed by atoms with Crippen LogP contribution in [0.1, 0.15) is 22.8 Å². The second-order valence-electron chi connectivity index (χ2n) is 5.05. The highest BCUT2D eigenvalue weighted by Gasteiger charge is 2.11. The van der Waals surface area contributed by atoms with Crippen molar-refractivity contribution in [3.8, 4) is 5.75 Å². The number of H-pyrrole nitrogens is 1. The molecule has 0 unspecified atom stereocenters. The van der Waals surface area contributed by atoms with Gasteiger partial charge in [0.1, 0.15) is 5.75 Å². The number of fused-ring (bicyclic) bond motifs is 1. The average molecular weight is 328 g/mol. The summed E-state index contributed by atoms with van der Waals surface area (Å²) in [4.78, 5) is 15.2. The summed E-state index contributed by atoms with van der Waals surface area (Å²) >= 11 is 6.03. The van der Waals surface area contributed by atoms with Gasteiger partial charge in [0.15, 0.2) is 0 Å². The molecular weight excluding hydrogens is 314 g/mol. The second kappa shape index (κ2) is 6.14. The van der Waals surface area contributed by atoms with Crippen LogP contribution < -0.4 is 5.43 Å². The fraction of sp³-hybridized carbons (Fsp3) is 0.0588. The van der Waals surface area contributed by atoms with Crippen molar-refractivity contribution in [1.29, 1.82) is 0 Å². The van der Waals surface area contributed by atoms with Crippen LogP contribution in [0.4, 0.5) is 0 Å². The summed E-state index contributed by atoms with van der Waals surface area (Å²) in [5.74, 6) is -0.558. The van der Waals surface area contributed by atoms with Gasteiger partial charge in [-0.25, -0.2) is 5.43 Å². The fourth-order valence-corrected chi connectivity index (χ4v) is 2.49. The summed E-state index contributed by atoms with van der Waals surface area (Å²) < 4.78 is 0. The molecule has 2 aromatic carbocycles. The lowest BCUT2D eigenvalue weighted by molar-refractivity contribution is 0.0952. The third-order valence-corrected chi connectivity index (χ3v) is 3.74. The quantitative estimate of drug-likeness (QED) is 0.507. The molecule has 3 rings (SSSR count). The molecule has 1 amide bonds. The number of phenolic OH excluding ortho intramolecular Hbond substituents is 1. The molecule has 3 aromatic rings. The molecule has 0 aliphatic heterocycles. The molecule has 0 saturated carbocycles. The number of nitrogens with zero attached hydrogens (tertiary/aromatic N) is 1. The number of benzene rings is 2. The van der Waals surface area contributed by atoms with Crippen molar-refractivity contribution < 1.29 is 9.90 Å². The second-order valence-corrected chi connectivity index (χ2v) is 5.48. The van der Waals surface area contributed by atoms with E-state index in [-0.39, 0.29) is 11.3 Å². The Hall–Kier alpha value is -2.79. The van der Waals surface area contributed by atoms with E-state index < -0.39 is 5.91 Å². The van der Waals surface area contributed by atoms with Gasteiger partial charge in [0.05, 0.1) is 11.3 Å². The lowest BCUT2D eigenvalue weighted by Crippen LogP contribution is -2.19. The Balaban J connectivity index is 1.86. The van der Waals surface area contributed by atoms with Gasteiger partial charge < -0.3 is 10.1 Å². The molecule has 0 bridgehead atoms. The zero-order valence-corrected chi connectivity index (χ0v) is 13.1. The van der Waals surface area contributed by atoms with E-state index in [9.17, 15) is 9.90 Å². The third kappa shape index (κ3) is 3.05.